The molecule has 21 heavy (non-hydrogen) atoms. The van der Waals surface area contributed by atoms with Gasteiger partial charge in [0, 0.05) is 12.6 Å². The van der Waals surface area contributed by atoms with Gasteiger partial charge in [0.1, 0.15) is 5.75 Å². The fourth-order valence-corrected chi connectivity index (χ4v) is 3.37. The maximum absolute atomic E-state index is 6.00. The molecule has 3 heteroatoms. The van der Waals surface area contributed by atoms with Crippen molar-refractivity contribution in [1.29, 1.82) is 0 Å². The molecule has 0 spiro atoms. The Morgan fingerprint density at radius 3 is 2.52 bits per heavy atom. The molecule has 3 nitrogen and oxygen atoms in total. The van der Waals surface area contributed by atoms with Crippen molar-refractivity contribution in [2.45, 2.75) is 38.6 Å². The van der Waals surface area contributed by atoms with Gasteiger partial charge >= 0.3 is 0 Å². The molecule has 0 aliphatic heterocycles. The molecule has 0 aromatic heterocycles. The van der Waals surface area contributed by atoms with E-state index in [9.17, 15) is 0 Å². The van der Waals surface area contributed by atoms with Crippen molar-refractivity contribution >= 4 is 0 Å². The predicted octanol–water partition coefficient (Wildman–Crippen LogP) is 3.11. The molecule has 1 atom stereocenters. The van der Waals surface area contributed by atoms with Crippen LogP contribution in [0, 0.1) is 17.8 Å². The van der Waals surface area contributed by atoms with Crippen LogP contribution in [0.5, 0.6) is 5.75 Å². The van der Waals surface area contributed by atoms with Gasteiger partial charge in [0.25, 0.3) is 0 Å². The van der Waals surface area contributed by atoms with Crippen molar-refractivity contribution < 1.29 is 4.74 Å². The molecule has 0 radical (unpaired) electrons. The Kier molecular flexibility index (Phi) is 4.81. The number of rotatable bonds is 9. The molecule has 1 aromatic carbocycles. The first-order valence-corrected chi connectivity index (χ1v) is 8.48. The molecule has 0 amide bonds. The number of nitrogens with one attached hydrogen (secondary N) is 1. The van der Waals surface area contributed by atoms with Gasteiger partial charge in [0.05, 0.1) is 6.61 Å². The van der Waals surface area contributed by atoms with Gasteiger partial charge in [-0.2, -0.15) is 0 Å². The van der Waals surface area contributed by atoms with Crippen molar-refractivity contribution in [3.05, 3.63) is 29.8 Å². The summed E-state index contributed by atoms with van der Waals surface area (Å²) in [4.78, 5) is 0. The van der Waals surface area contributed by atoms with E-state index in [-0.39, 0.29) is 6.04 Å². The molecular formula is C18H28N2O. The van der Waals surface area contributed by atoms with E-state index in [0.29, 0.717) is 13.2 Å². The van der Waals surface area contributed by atoms with Crippen molar-refractivity contribution in [3.8, 4) is 5.75 Å². The Balaban J connectivity index is 1.59. The second kappa shape index (κ2) is 6.80. The van der Waals surface area contributed by atoms with Gasteiger partial charge in [-0.1, -0.05) is 12.1 Å². The summed E-state index contributed by atoms with van der Waals surface area (Å²) >= 11 is 0. The smallest absolute Gasteiger partial charge is 0.119 e. The van der Waals surface area contributed by atoms with Gasteiger partial charge < -0.3 is 15.8 Å². The van der Waals surface area contributed by atoms with Crippen LogP contribution in [0.2, 0.25) is 0 Å². The van der Waals surface area contributed by atoms with Gasteiger partial charge in [-0.25, -0.2) is 0 Å². The van der Waals surface area contributed by atoms with Crippen molar-refractivity contribution in [3.63, 3.8) is 0 Å². The predicted molar refractivity (Wildman–Crippen MR) is 86.3 cm³/mol. The van der Waals surface area contributed by atoms with Crippen molar-refractivity contribution in [2.24, 2.45) is 23.5 Å². The summed E-state index contributed by atoms with van der Waals surface area (Å²) in [5.41, 5.74) is 7.24. The molecule has 3 N–H and O–H groups in total. The normalized spacial score (nSPS) is 19.8. The Morgan fingerprint density at radius 2 is 1.95 bits per heavy atom. The first-order chi connectivity index (χ1) is 10.3. The van der Waals surface area contributed by atoms with Crippen LogP contribution in [-0.4, -0.2) is 19.7 Å². The standard InChI is InChI=1S/C18H28N2O/c1-2-21-16-5-3-4-15(10-16)18(11-19)20-12-17(13-6-7-13)14-8-9-14/h3-5,10,13-14,17-18,20H,2,6-9,11-12,19H2,1H3. The highest BCUT2D eigenvalue weighted by Gasteiger charge is 2.41. The molecule has 1 unspecified atom stereocenters. The molecule has 1 aromatic rings. The lowest BCUT2D eigenvalue weighted by atomic mass is 9.97. The van der Waals surface area contributed by atoms with Crippen LogP contribution in [0.4, 0.5) is 0 Å². The number of hydrogen-bond acceptors (Lipinski definition) is 3. The van der Waals surface area contributed by atoms with E-state index in [4.69, 9.17) is 10.5 Å². The third-order valence-corrected chi connectivity index (χ3v) is 4.86. The highest BCUT2D eigenvalue weighted by Crippen LogP contribution is 2.49. The Labute approximate surface area is 128 Å². The van der Waals surface area contributed by atoms with Crippen LogP contribution in [-0.2, 0) is 0 Å². The fraction of sp³-hybridized carbons (Fsp3) is 0.667. The van der Waals surface area contributed by atoms with Crippen LogP contribution < -0.4 is 15.8 Å². The first kappa shape index (κ1) is 14.9. The third kappa shape index (κ3) is 3.98. The van der Waals surface area contributed by atoms with Crippen LogP contribution >= 0.6 is 0 Å². The number of nitrogens with two attached hydrogens (primary N) is 1. The number of benzene rings is 1. The maximum atomic E-state index is 6.00. The zero-order valence-corrected chi connectivity index (χ0v) is 13.1. The van der Waals surface area contributed by atoms with Gasteiger partial charge in [0.15, 0.2) is 0 Å². The van der Waals surface area contributed by atoms with Gasteiger partial charge in [0.2, 0.25) is 0 Å². The average molecular weight is 288 g/mol. The fourth-order valence-electron chi connectivity index (χ4n) is 3.37. The maximum Gasteiger partial charge on any atom is 0.119 e. The molecule has 116 valence electrons. The topological polar surface area (TPSA) is 47.3 Å². The SMILES string of the molecule is CCOc1cccc(C(CN)NCC(C2CC2)C2CC2)c1. The van der Waals surface area contributed by atoms with E-state index in [1.807, 2.05) is 13.0 Å². The number of hydrogen-bond donors (Lipinski definition) is 2. The Morgan fingerprint density at radius 1 is 1.24 bits per heavy atom. The zero-order chi connectivity index (χ0) is 14.7. The lowest BCUT2D eigenvalue weighted by Crippen LogP contribution is -2.33. The monoisotopic (exact) mass is 288 g/mol. The summed E-state index contributed by atoms with van der Waals surface area (Å²) in [5, 5.41) is 3.72. The number of ether oxygens (including phenoxy) is 1. The molecule has 3 rings (SSSR count). The van der Waals surface area contributed by atoms with Crippen LogP contribution in [0.1, 0.15) is 44.2 Å². The Hall–Kier alpha value is -1.06. The molecule has 2 aliphatic carbocycles. The second-order valence-electron chi connectivity index (χ2n) is 6.54. The molecule has 0 heterocycles. The minimum Gasteiger partial charge on any atom is -0.494 e. The van der Waals surface area contributed by atoms with Crippen molar-refractivity contribution in [2.75, 3.05) is 19.7 Å². The minimum absolute atomic E-state index is 0.241. The van der Waals surface area contributed by atoms with E-state index < -0.39 is 0 Å². The van der Waals surface area contributed by atoms with Crippen LogP contribution in [0.15, 0.2) is 24.3 Å². The lowest BCUT2D eigenvalue weighted by Gasteiger charge is -2.23. The zero-order valence-electron chi connectivity index (χ0n) is 13.1. The van der Waals surface area contributed by atoms with Crippen molar-refractivity contribution in [1.82, 2.24) is 5.32 Å². The van der Waals surface area contributed by atoms with Gasteiger partial charge in [-0.05, 0) is 74.6 Å². The van der Waals surface area contributed by atoms with E-state index in [0.717, 1.165) is 30.0 Å². The summed E-state index contributed by atoms with van der Waals surface area (Å²) in [6.07, 6.45) is 5.76. The second-order valence-corrected chi connectivity index (χ2v) is 6.54. The molecule has 0 saturated heterocycles. The lowest BCUT2D eigenvalue weighted by molar-refractivity contribution is 0.337. The largest absolute Gasteiger partial charge is 0.494 e. The first-order valence-electron chi connectivity index (χ1n) is 8.48. The summed E-state index contributed by atoms with van der Waals surface area (Å²) < 4.78 is 5.59. The summed E-state index contributed by atoms with van der Waals surface area (Å²) in [7, 11) is 0. The van der Waals surface area contributed by atoms with E-state index in [2.05, 4.69) is 23.5 Å². The van der Waals surface area contributed by atoms with Gasteiger partial charge in [-0.15, -0.1) is 0 Å². The van der Waals surface area contributed by atoms with E-state index in [1.165, 1.54) is 31.2 Å². The molecule has 0 bridgehead atoms. The summed E-state index contributed by atoms with van der Waals surface area (Å²) in [5.74, 6) is 3.79. The third-order valence-electron chi connectivity index (χ3n) is 4.86. The Bertz CT molecular complexity index is 442. The summed E-state index contributed by atoms with van der Waals surface area (Å²) in [6, 6.07) is 8.58. The molecule has 2 saturated carbocycles. The molecule has 2 aliphatic rings. The molecule has 2 fully saturated rings. The highest BCUT2D eigenvalue weighted by atomic mass is 16.5. The van der Waals surface area contributed by atoms with Gasteiger partial charge in [-0.3, -0.25) is 0 Å². The molecular weight excluding hydrogens is 260 g/mol. The summed E-state index contributed by atoms with van der Waals surface area (Å²) in [6.45, 7) is 4.48. The quantitative estimate of drug-likeness (QED) is 0.734. The minimum atomic E-state index is 0.241. The highest BCUT2D eigenvalue weighted by molar-refractivity contribution is 5.30. The van der Waals surface area contributed by atoms with Crippen LogP contribution in [0.25, 0.3) is 0 Å². The van der Waals surface area contributed by atoms with E-state index in [1.54, 1.807) is 0 Å². The van der Waals surface area contributed by atoms with E-state index >= 15 is 0 Å². The average Bonchev–Trinajstić information content (AvgIpc) is 3.38. The van der Waals surface area contributed by atoms with Crippen LogP contribution in [0.3, 0.4) is 0 Å².